The zero-order valence-electron chi connectivity index (χ0n) is 15.0. The first-order valence-corrected chi connectivity index (χ1v) is 8.61. The van der Waals surface area contributed by atoms with Gasteiger partial charge in [-0.15, -0.1) is 0 Å². The standard InChI is InChI=1S/C19H28N4O/c1-5-20-19(21-13-18-10-11-24-23-18)22-15(4)17-8-6-16(7-9-17)12-14(2)3/h6-11,14-15H,5,12-13H2,1-4H3,(H2,20,21,22). The van der Waals surface area contributed by atoms with Crippen LogP contribution >= 0.6 is 0 Å². The molecule has 0 aliphatic heterocycles. The highest BCUT2D eigenvalue weighted by Crippen LogP contribution is 2.15. The summed E-state index contributed by atoms with van der Waals surface area (Å²) in [6.45, 7) is 9.98. The van der Waals surface area contributed by atoms with Crippen LogP contribution in [0.5, 0.6) is 0 Å². The van der Waals surface area contributed by atoms with Crippen molar-refractivity contribution in [2.24, 2.45) is 10.9 Å². The average Bonchev–Trinajstić information content (AvgIpc) is 3.06. The summed E-state index contributed by atoms with van der Waals surface area (Å²) in [5.41, 5.74) is 3.44. The lowest BCUT2D eigenvalue weighted by molar-refractivity contribution is 0.412. The van der Waals surface area contributed by atoms with Gasteiger partial charge in [0.15, 0.2) is 5.96 Å². The molecule has 1 heterocycles. The molecule has 24 heavy (non-hydrogen) atoms. The van der Waals surface area contributed by atoms with Crippen LogP contribution in [-0.2, 0) is 13.0 Å². The Labute approximate surface area is 144 Å². The Morgan fingerprint density at radius 3 is 2.50 bits per heavy atom. The van der Waals surface area contributed by atoms with Gasteiger partial charge in [0.2, 0.25) is 0 Å². The third kappa shape index (κ3) is 5.72. The van der Waals surface area contributed by atoms with E-state index in [0.29, 0.717) is 12.5 Å². The van der Waals surface area contributed by atoms with Gasteiger partial charge in [-0.2, -0.15) is 0 Å². The lowest BCUT2D eigenvalue weighted by atomic mass is 10.00. The minimum atomic E-state index is 0.174. The molecule has 0 radical (unpaired) electrons. The third-order valence-electron chi connectivity index (χ3n) is 3.71. The number of nitrogens with zero attached hydrogens (tertiary/aromatic N) is 2. The molecule has 0 bridgehead atoms. The Balaban J connectivity index is 1.98. The molecular formula is C19H28N4O. The van der Waals surface area contributed by atoms with Crippen molar-refractivity contribution >= 4 is 5.96 Å². The zero-order chi connectivity index (χ0) is 17.4. The topological polar surface area (TPSA) is 62.5 Å². The quantitative estimate of drug-likeness (QED) is 0.601. The molecule has 1 aromatic heterocycles. The third-order valence-corrected chi connectivity index (χ3v) is 3.71. The van der Waals surface area contributed by atoms with Gasteiger partial charge in [-0.25, -0.2) is 4.99 Å². The fourth-order valence-electron chi connectivity index (χ4n) is 2.50. The molecule has 0 saturated heterocycles. The van der Waals surface area contributed by atoms with Crippen molar-refractivity contribution in [3.63, 3.8) is 0 Å². The highest BCUT2D eigenvalue weighted by atomic mass is 16.5. The van der Waals surface area contributed by atoms with Crippen LogP contribution in [0.2, 0.25) is 0 Å². The molecule has 2 rings (SSSR count). The number of aromatic nitrogens is 1. The molecule has 5 nitrogen and oxygen atoms in total. The van der Waals surface area contributed by atoms with E-state index in [1.54, 1.807) is 6.26 Å². The van der Waals surface area contributed by atoms with Gasteiger partial charge in [-0.3, -0.25) is 0 Å². The molecule has 2 aromatic rings. The molecule has 130 valence electrons. The molecule has 1 atom stereocenters. The van der Waals surface area contributed by atoms with Crippen LogP contribution in [0.4, 0.5) is 0 Å². The molecule has 0 spiro atoms. The monoisotopic (exact) mass is 328 g/mol. The van der Waals surface area contributed by atoms with Crippen molar-refractivity contribution < 1.29 is 4.52 Å². The molecule has 2 N–H and O–H groups in total. The van der Waals surface area contributed by atoms with Crippen molar-refractivity contribution in [1.82, 2.24) is 15.8 Å². The second-order valence-electron chi connectivity index (χ2n) is 6.39. The number of benzene rings is 1. The summed E-state index contributed by atoms with van der Waals surface area (Å²) in [6.07, 6.45) is 2.68. The fourth-order valence-corrected chi connectivity index (χ4v) is 2.50. The number of nitrogens with one attached hydrogen (secondary N) is 2. The minimum absolute atomic E-state index is 0.174. The Hall–Kier alpha value is -2.30. The predicted molar refractivity (Wildman–Crippen MR) is 97.9 cm³/mol. The summed E-state index contributed by atoms with van der Waals surface area (Å²) >= 11 is 0. The van der Waals surface area contributed by atoms with Gasteiger partial charge in [0, 0.05) is 12.6 Å². The normalized spacial score (nSPS) is 13.1. The van der Waals surface area contributed by atoms with E-state index in [1.807, 2.05) is 6.07 Å². The molecule has 0 aliphatic carbocycles. The maximum Gasteiger partial charge on any atom is 0.192 e. The molecule has 5 heteroatoms. The van der Waals surface area contributed by atoms with Crippen LogP contribution in [0.25, 0.3) is 0 Å². The minimum Gasteiger partial charge on any atom is -0.364 e. The highest BCUT2D eigenvalue weighted by molar-refractivity contribution is 5.80. The van der Waals surface area contributed by atoms with Crippen molar-refractivity contribution in [3.05, 3.63) is 53.4 Å². The first-order chi connectivity index (χ1) is 11.6. The van der Waals surface area contributed by atoms with Gasteiger partial charge >= 0.3 is 0 Å². The molecule has 1 unspecified atom stereocenters. The first kappa shape index (κ1) is 18.0. The summed E-state index contributed by atoms with van der Waals surface area (Å²) < 4.78 is 4.84. The zero-order valence-corrected chi connectivity index (χ0v) is 15.0. The summed E-state index contributed by atoms with van der Waals surface area (Å²) in [7, 11) is 0. The van der Waals surface area contributed by atoms with E-state index < -0.39 is 0 Å². The Morgan fingerprint density at radius 1 is 1.17 bits per heavy atom. The van der Waals surface area contributed by atoms with E-state index in [1.165, 1.54) is 11.1 Å². The number of hydrogen-bond acceptors (Lipinski definition) is 3. The lowest BCUT2D eigenvalue weighted by Crippen LogP contribution is -2.38. The SMILES string of the molecule is CCNC(=NCc1ccon1)NC(C)c1ccc(CC(C)C)cc1. The maximum absolute atomic E-state index is 4.84. The Morgan fingerprint density at radius 2 is 1.92 bits per heavy atom. The highest BCUT2D eigenvalue weighted by Gasteiger charge is 2.08. The number of rotatable bonds is 7. The van der Waals surface area contributed by atoms with Crippen LogP contribution < -0.4 is 10.6 Å². The number of guanidine groups is 1. The maximum atomic E-state index is 4.84. The molecule has 0 saturated carbocycles. The van der Waals surface area contributed by atoms with Gasteiger partial charge < -0.3 is 15.2 Å². The fraction of sp³-hybridized carbons (Fsp3) is 0.474. The Kier molecular flexibility index (Phi) is 6.85. The van der Waals surface area contributed by atoms with E-state index in [-0.39, 0.29) is 6.04 Å². The van der Waals surface area contributed by atoms with Crippen molar-refractivity contribution in [1.29, 1.82) is 0 Å². The second kappa shape index (κ2) is 9.11. The van der Waals surface area contributed by atoms with Gasteiger partial charge in [-0.05, 0) is 37.3 Å². The molecule has 1 aromatic carbocycles. The van der Waals surface area contributed by atoms with Crippen LogP contribution in [0.1, 0.15) is 50.6 Å². The Bertz CT molecular complexity index is 617. The number of aliphatic imine (C=N–C) groups is 1. The second-order valence-corrected chi connectivity index (χ2v) is 6.39. The predicted octanol–water partition coefficient (Wildman–Crippen LogP) is 3.69. The summed E-state index contributed by atoms with van der Waals surface area (Å²) in [6, 6.07) is 10.8. The first-order valence-electron chi connectivity index (χ1n) is 8.61. The summed E-state index contributed by atoms with van der Waals surface area (Å²) in [5.74, 6) is 1.45. The average molecular weight is 328 g/mol. The van der Waals surface area contributed by atoms with Gasteiger partial charge in [0.25, 0.3) is 0 Å². The van der Waals surface area contributed by atoms with E-state index >= 15 is 0 Å². The van der Waals surface area contributed by atoms with Crippen LogP contribution in [0.15, 0.2) is 46.1 Å². The molecule has 0 aliphatic rings. The molecule has 0 amide bonds. The lowest BCUT2D eigenvalue weighted by Gasteiger charge is -2.18. The molecular weight excluding hydrogens is 300 g/mol. The largest absolute Gasteiger partial charge is 0.364 e. The summed E-state index contributed by atoms with van der Waals surface area (Å²) in [4.78, 5) is 4.55. The smallest absolute Gasteiger partial charge is 0.192 e. The molecule has 0 fully saturated rings. The number of hydrogen-bond donors (Lipinski definition) is 2. The van der Waals surface area contributed by atoms with Crippen LogP contribution in [-0.4, -0.2) is 17.7 Å². The van der Waals surface area contributed by atoms with E-state index in [9.17, 15) is 0 Å². The van der Waals surface area contributed by atoms with Gasteiger partial charge in [0.1, 0.15) is 12.0 Å². The van der Waals surface area contributed by atoms with Crippen LogP contribution in [0, 0.1) is 5.92 Å². The van der Waals surface area contributed by atoms with E-state index in [4.69, 9.17) is 4.52 Å². The van der Waals surface area contributed by atoms with Crippen molar-refractivity contribution in [3.8, 4) is 0 Å². The van der Waals surface area contributed by atoms with Crippen molar-refractivity contribution in [2.75, 3.05) is 6.54 Å². The van der Waals surface area contributed by atoms with E-state index in [2.05, 4.69) is 72.7 Å². The van der Waals surface area contributed by atoms with E-state index in [0.717, 1.165) is 24.6 Å². The van der Waals surface area contributed by atoms with Gasteiger partial charge in [-0.1, -0.05) is 43.3 Å². The van der Waals surface area contributed by atoms with Crippen molar-refractivity contribution in [2.45, 2.75) is 46.7 Å². The van der Waals surface area contributed by atoms with Gasteiger partial charge in [0.05, 0.1) is 12.6 Å². The summed E-state index contributed by atoms with van der Waals surface area (Å²) in [5, 5.41) is 10.6. The van der Waals surface area contributed by atoms with Crippen LogP contribution in [0.3, 0.4) is 0 Å².